The number of urea groups is 1. The van der Waals surface area contributed by atoms with Gasteiger partial charge in [0.2, 0.25) is 5.89 Å². The molecule has 2 aromatic carbocycles. The summed E-state index contributed by atoms with van der Waals surface area (Å²) in [6.45, 7) is 4.06. The zero-order chi connectivity index (χ0) is 22.5. The van der Waals surface area contributed by atoms with Crippen LogP contribution < -0.4 is 5.32 Å². The number of carbonyl (C=O) groups excluding carboxylic acids is 2. The lowest BCUT2D eigenvalue weighted by molar-refractivity contribution is 0.0827. The van der Waals surface area contributed by atoms with Gasteiger partial charge in [0.1, 0.15) is 5.52 Å². The Labute approximate surface area is 187 Å². The van der Waals surface area contributed by atoms with Crippen molar-refractivity contribution in [2.45, 2.75) is 13.0 Å². The van der Waals surface area contributed by atoms with Crippen LogP contribution in [0.25, 0.3) is 11.1 Å². The van der Waals surface area contributed by atoms with E-state index in [9.17, 15) is 9.59 Å². The summed E-state index contributed by atoms with van der Waals surface area (Å²) in [5.41, 5.74) is 3.17. The molecule has 32 heavy (non-hydrogen) atoms. The number of nitrogens with zero attached hydrogens (tertiary/aromatic N) is 4. The van der Waals surface area contributed by atoms with Crippen LogP contribution in [0.15, 0.2) is 52.9 Å². The third kappa shape index (κ3) is 5.26. The highest BCUT2D eigenvalue weighted by Gasteiger charge is 2.22. The van der Waals surface area contributed by atoms with Crippen LogP contribution in [0.2, 0.25) is 0 Å². The Morgan fingerprint density at radius 2 is 1.81 bits per heavy atom. The van der Waals surface area contributed by atoms with Crippen molar-refractivity contribution < 1.29 is 14.0 Å². The highest BCUT2D eigenvalue weighted by molar-refractivity contribution is 5.96. The number of amides is 3. The number of hydrogen-bond donors (Lipinski definition) is 1. The molecular formula is C24H29N5O3. The van der Waals surface area contributed by atoms with Gasteiger partial charge in [0.25, 0.3) is 5.91 Å². The second kappa shape index (κ2) is 9.82. The monoisotopic (exact) mass is 435 g/mol. The molecule has 8 heteroatoms. The van der Waals surface area contributed by atoms with Crippen molar-refractivity contribution in [2.24, 2.45) is 0 Å². The third-order valence-electron chi connectivity index (χ3n) is 5.64. The van der Waals surface area contributed by atoms with Gasteiger partial charge in [-0.15, -0.1) is 0 Å². The first kappa shape index (κ1) is 21.8. The van der Waals surface area contributed by atoms with E-state index in [0.717, 1.165) is 19.5 Å². The number of fused-ring (bicyclic) bond motifs is 1. The summed E-state index contributed by atoms with van der Waals surface area (Å²) in [4.78, 5) is 34.8. The largest absolute Gasteiger partial charge is 0.439 e. The molecule has 0 atom stereocenters. The van der Waals surface area contributed by atoms with Crippen LogP contribution in [0, 0.1) is 0 Å². The summed E-state index contributed by atoms with van der Waals surface area (Å²) in [5, 5.41) is 3.01. The first-order valence-corrected chi connectivity index (χ1v) is 10.9. The van der Waals surface area contributed by atoms with E-state index in [1.807, 2.05) is 23.1 Å². The topological polar surface area (TPSA) is 81.9 Å². The van der Waals surface area contributed by atoms with E-state index in [1.54, 1.807) is 37.2 Å². The van der Waals surface area contributed by atoms with Gasteiger partial charge in [-0.1, -0.05) is 30.3 Å². The van der Waals surface area contributed by atoms with Gasteiger partial charge < -0.3 is 19.5 Å². The Bertz CT molecular complexity index is 1070. The SMILES string of the molecule is CN(C)C(=O)c1ccc2oc(CN3CCN(C(=O)NCCc4ccccc4)CC3)nc2c1. The molecule has 8 nitrogen and oxygen atoms in total. The van der Waals surface area contributed by atoms with Gasteiger partial charge >= 0.3 is 6.03 Å². The van der Waals surface area contributed by atoms with Gasteiger partial charge in [-0.05, 0) is 30.2 Å². The number of nitrogens with one attached hydrogen (secondary N) is 1. The molecular weight excluding hydrogens is 406 g/mol. The Morgan fingerprint density at radius 3 is 2.53 bits per heavy atom. The molecule has 1 aromatic heterocycles. The molecule has 0 saturated carbocycles. The van der Waals surface area contributed by atoms with Crippen LogP contribution in [-0.4, -0.2) is 78.4 Å². The molecule has 0 bridgehead atoms. The summed E-state index contributed by atoms with van der Waals surface area (Å²) >= 11 is 0. The quantitative estimate of drug-likeness (QED) is 0.644. The molecule has 1 N–H and O–H groups in total. The smallest absolute Gasteiger partial charge is 0.317 e. The second-order valence-electron chi connectivity index (χ2n) is 8.22. The van der Waals surface area contributed by atoms with E-state index in [-0.39, 0.29) is 11.9 Å². The molecule has 4 rings (SSSR count). The fourth-order valence-electron chi connectivity index (χ4n) is 3.80. The summed E-state index contributed by atoms with van der Waals surface area (Å²) in [7, 11) is 3.45. The number of oxazole rings is 1. The summed E-state index contributed by atoms with van der Waals surface area (Å²) in [6.07, 6.45) is 0.826. The molecule has 1 aliphatic heterocycles. The van der Waals surface area contributed by atoms with Crippen LogP contribution in [0.4, 0.5) is 4.79 Å². The Balaban J connectivity index is 1.26. The van der Waals surface area contributed by atoms with E-state index < -0.39 is 0 Å². The van der Waals surface area contributed by atoms with Crippen molar-refractivity contribution in [1.82, 2.24) is 25.0 Å². The van der Waals surface area contributed by atoms with Crippen molar-refractivity contribution in [1.29, 1.82) is 0 Å². The summed E-state index contributed by atoms with van der Waals surface area (Å²) in [5.74, 6) is 0.560. The number of aromatic nitrogens is 1. The Kier molecular flexibility index (Phi) is 6.70. The van der Waals surface area contributed by atoms with Gasteiger partial charge in [0.15, 0.2) is 5.58 Å². The zero-order valence-corrected chi connectivity index (χ0v) is 18.6. The first-order valence-electron chi connectivity index (χ1n) is 10.9. The minimum Gasteiger partial charge on any atom is -0.439 e. The number of benzene rings is 2. The lowest BCUT2D eigenvalue weighted by Gasteiger charge is -2.34. The van der Waals surface area contributed by atoms with Crippen LogP contribution in [0.5, 0.6) is 0 Å². The molecule has 0 spiro atoms. The van der Waals surface area contributed by atoms with Crippen LogP contribution in [0.3, 0.4) is 0 Å². The normalized spacial score (nSPS) is 14.5. The van der Waals surface area contributed by atoms with Crippen molar-refractivity contribution in [2.75, 3.05) is 46.8 Å². The number of carbonyl (C=O) groups is 2. The maximum Gasteiger partial charge on any atom is 0.317 e. The number of hydrogen-bond acceptors (Lipinski definition) is 5. The van der Waals surface area contributed by atoms with Crippen molar-refractivity contribution in [3.8, 4) is 0 Å². The molecule has 0 aliphatic carbocycles. The van der Waals surface area contributed by atoms with Gasteiger partial charge in [0.05, 0.1) is 6.54 Å². The zero-order valence-electron chi connectivity index (χ0n) is 18.6. The predicted octanol–water partition coefficient (Wildman–Crippen LogP) is 2.60. The van der Waals surface area contributed by atoms with Crippen LogP contribution >= 0.6 is 0 Å². The van der Waals surface area contributed by atoms with E-state index in [4.69, 9.17) is 4.42 Å². The fourth-order valence-corrected chi connectivity index (χ4v) is 3.80. The molecule has 2 heterocycles. The summed E-state index contributed by atoms with van der Waals surface area (Å²) < 4.78 is 5.86. The standard InChI is InChI=1S/C24H29N5O3/c1-27(2)23(30)19-8-9-21-20(16-19)26-22(32-21)17-28-12-14-29(15-13-28)24(31)25-11-10-18-6-4-3-5-7-18/h3-9,16H,10-15,17H2,1-2H3,(H,25,31). The Hall–Kier alpha value is -3.39. The van der Waals surface area contributed by atoms with E-state index in [0.29, 0.717) is 48.7 Å². The molecule has 168 valence electrons. The van der Waals surface area contributed by atoms with Crippen LogP contribution in [0.1, 0.15) is 21.8 Å². The van der Waals surface area contributed by atoms with E-state index in [2.05, 4.69) is 27.3 Å². The minimum atomic E-state index is -0.0605. The number of rotatable bonds is 6. The average molecular weight is 436 g/mol. The molecule has 0 unspecified atom stereocenters. The molecule has 0 radical (unpaired) electrons. The van der Waals surface area contributed by atoms with Crippen LogP contribution in [-0.2, 0) is 13.0 Å². The highest BCUT2D eigenvalue weighted by Crippen LogP contribution is 2.19. The van der Waals surface area contributed by atoms with Gasteiger partial charge in [-0.3, -0.25) is 9.69 Å². The highest BCUT2D eigenvalue weighted by atomic mass is 16.3. The maximum absolute atomic E-state index is 12.4. The molecule has 1 saturated heterocycles. The average Bonchev–Trinajstić information content (AvgIpc) is 3.21. The van der Waals surface area contributed by atoms with Gasteiger partial charge in [-0.2, -0.15) is 0 Å². The van der Waals surface area contributed by atoms with Gasteiger partial charge in [0, 0.05) is 52.4 Å². The molecule has 3 aromatic rings. The summed E-state index contributed by atoms with van der Waals surface area (Å²) in [6, 6.07) is 15.4. The van der Waals surface area contributed by atoms with E-state index in [1.165, 1.54) is 5.56 Å². The second-order valence-corrected chi connectivity index (χ2v) is 8.22. The number of piperazine rings is 1. The molecule has 1 aliphatic rings. The maximum atomic E-state index is 12.4. The Morgan fingerprint density at radius 1 is 1.06 bits per heavy atom. The van der Waals surface area contributed by atoms with E-state index >= 15 is 0 Å². The van der Waals surface area contributed by atoms with Gasteiger partial charge in [-0.25, -0.2) is 9.78 Å². The minimum absolute atomic E-state index is 0.0134. The molecule has 1 fully saturated rings. The third-order valence-corrected chi connectivity index (χ3v) is 5.64. The molecule has 3 amide bonds. The van der Waals surface area contributed by atoms with Crippen molar-refractivity contribution in [3.05, 3.63) is 65.5 Å². The lowest BCUT2D eigenvalue weighted by atomic mass is 10.1. The first-order chi connectivity index (χ1) is 15.5. The fraction of sp³-hybridized carbons (Fsp3) is 0.375. The lowest BCUT2D eigenvalue weighted by Crippen LogP contribution is -2.51. The van der Waals surface area contributed by atoms with Crippen molar-refractivity contribution >= 4 is 23.0 Å². The van der Waals surface area contributed by atoms with Crippen molar-refractivity contribution in [3.63, 3.8) is 0 Å². The predicted molar refractivity (Wildman–Crippen MR) is 122 cm³/mol.